The van der Waals surface area contributed by atoms with Crippen molar-refractivity contribution in [2.75, 3.05) is 16.3 Å². The van der Waals surface area contributed by atoms with Crippen molar-refractivity contribution in [2.24, 2.45) is 0 Å². The van der Waals surface area contributed by atoms with E-state index in [1.165, 1.54) is 18.2 Å². The van der Waals surface area contributed by atoms with Gasteiger partial charge in [-0.1, -0.05) is 17.7 Å². The molecule has 0 atom stereocenters. The van der Waals surface area contributed by atoms with Gasteiger partial charge in [0.2, 0.25) is 10.0 Å². The largest absolute Gasteiger partial charge is 0.322 e. The topological polar surface area (TPSA) is 106 Å². The number of benzene rings is 2. The van der Waals surface area contributed by atoms with E-state index in [1.807, 2.05) is 13.0 Å². The summed E-state index contributed by atoms with van der Waals surface area (Å²) in [6.45, 7) is 1.81. The minimum Gasteiger partial charge on any atom is -0.322 e. The normalized spacial score (nSPS) is 11.2. The molecule has 1 aromatic heterocycles. The molecule has 0 saturated carbocycles. The molecule has 0 saturated heterocycles. The van der Waals surface area contributed by atoms with E-state index in [2.05, 4.69) is 20.2 Å². The first-order valence-electron chi connectivity index (χ1n) is 7.79. The average molecular weight is 406 g/mol. The fraction of sp³-hybridized carbons (Fsp3) is 0.118. The highest BCUT2D eigenvalue weighted by Crippen LogP contribution is 2.23. The van der Waals surface area contributed by atoms with Crippen LogP contribution in [0.3, 0.4) is 0 Å². The van der Waals surface area contributed by atoms with E-state index in [1.54, 1.807) is 29.1 Å². The van der Waals surface area contributed by atoms with E-state index in [9.17, 15) is 13.2 Å². The Morgan fingerprint density at radius 1 is 1.19 bits per heavy atom. The molecule has 2 aromatic carbocycles. The fourth-order valence-electron chi connectivity index (χ4n) is 2.47. The van der Waals surface area contributed by atoms with Crippen molar-refractivity contribution >= 4 is 38.9 Å². The second kappa shape index (κ2) is 7.37. The number of amides is 1. The van der Waals surface area contributed by atoms with Gasteiger partial charge in [-0.25, -0.2) is 8.42 Å². The van der Waals surface area contributed by atoms with Gasteiger partial charge in [0, 0.05) is 10.7 Å². The zero-order chi connectivity index (χ0) is 19.6. The molecule has 0 unspecified atom stereocenters. The molecule has 27 heavy (non-hydrogen) atoms. The lowest BCUT2D eigenvalue weighted by molar-refractivity contribution is 0.102. The molecule has 0 radical (unpaired) electrons. The molecule has 0 aliphatic rings. The molecule has 10 heteroatoms. The predicted molar refractivity (Wildman–Crippen MR) is 104 cm³/mol. The zero-order valence-corrected chi connectivity index (χ0v) is 16.0. The summed E-state index contributed by atoms with van der Waals surface area (Å²) < 4.78 is 27.2. The third-order valence-electron chi connectivity index (χ3n) is 3.62. The lowest BCUT2D eigenvalue weighted by Crippen LogP contribution is -2.17. The quantitative estimate of drug-likeness (QED) is 0.678. The predicted octanol–water partition coefficient (Wildman–Crippen LogP) is 2.85. The molecule has 3 rings (SSSR count). The number of carbonyl (C=O) groups excluding carboxylic acids is 1. The zero-order valence-electron chi connectivity index (χ0n) is 14.5. The van der Waals surface area contributed by atoms with Gasteiger partial charge in [0.15, 0.2) is 0 Å². The first kappa shape index (κ1) is 18.9. The Morgan fingerprint density at radius 2 is 1.96 bits per heavy atom. The van der Waals surface area contributed by atoms with Crippen molar-refractivity contribution in [3.8, 4) is 5.69 Å². The van der Waals surface area contributed by atoms with Crippen LogP contribution < -0.4 is 10.0 Å². The number of anilines is 2. The summed E-state index contributed by atoms with van der Waals surface area (Å²) in [6.07, 6.45) is 2.58. The number of halogens is 1. The second-order valence-corrected chi connectivity index (χ2v) is 8.00. The Labute approximate surface area is 161 Å². The highest BCUT2D eigenvalue weighted by molar-refractivity contribution is 7.92. The molecule has 0 fully saturated rings. The number of nitrogens with zero attached hydrogens (tertiary/aromatic N) is 3. The summed E-state index contributed by atoms with van der Waals surface area (Å²) in [5, 5.41) is 10.8. The van der Waals surface area contributed by atoms with E-state index in [0.717, 1.165) is 11.9 Å². The van der Waals surface area contributed by atoms with E-state index >= 15 is 0 Å². The van der Waals surface area contributed by atoms with Crippen LogP contribution in [0.4, 0.5) is 11.4 Å². The molecular weight excluding hydrogens is 390 g/mol. The second-order valence-electron chi connectivity index (χ2n) is 5.82. The molecule has 0 aliphatic carbocycles. The maximum Gasteiger partial charge on any atom is 0.257 e. The summed E-state index contributed by atoms with van der Waals surface area (Å²) >= 11 is 5.97. The third-order valence-corrected chi connectivity index (χ3v) is 4.45. The highest BCUT2D eigenvalue weighted by atomic mass is 35.5. The van der Waals surface area contributed by atoms with Crippen molar-refractivity contribution in [2.45, 2.75) is 6.92 Å². The number of carbonyl (C=O) groups is 1. The van der Waals surface area contributed by atoms with E-state index in [4.69, 9.17) is 11.6 Å². The molecule has 1 amide bonds. The van der Waals surface area contributed by atoms with Gasteiger partial charge in [0.1, 0.15) is 12.2 Å². The van der Waals surface area contributed by atoms with Gasteiger partial charge < -0.3 is 5.32 Å². The van der Waals surface area contributed by atoms with Crippen molar-refractivity contribution < 1.29 is 13.2 Å². The monoisotopic (exact) mass is 405 g/mol. The third kappa shape index (κ3) is 4.63. The number of hydrogen-bond donors (Lipinski definition) is 2. The van der Waals surface area contributed by atoms with E-state index in [0.29, 0.717) is 16.5 Å². The van der Waals surface area contributed by atoms with Crippen LogP contribution in [0, 0.1) is 6.92 Å². The van der Waals surface area contributed by atoms with Crippen molar-refractivity contribution in [3.05, 3.63) is 65.2 Å². The Kier molecular flexibility index (Phi) is 5.15. The first-order valence-corrected chi connectivity index (χ1v) is 10.1. The van der Waals surface area contributed by atoms with Crippen LogP contribution in [-0.2, 0) is 10.0 Å². The van der Waals surface area contributed by atoms with Crippen LogP contribution in [0.25, 0.3) is 5.69 Å². The number of aryl methyl sites for hydroxylation is 1. The molecule has 8 nitrogen and oxygen atoms in total. The van der Waals surface area contributed by atoms with Crippen LogP contribution in [0.2, 0.25) is 5.02 Å². The molecule has 3 aromatic rings. The molecule has 2 N–H and O–H groups in total. The number of aromatic nitrogens is 3. The van der Waals surface area contributed by atoms with Gasteiger partial charge in [-0.05, 0) is 43.3 Å². The van der Waals surface area contributed by atoms with Crippen molar-refractivity contribution in [3.63, 3.8) is 0 Å². The summed E-state index contributed by atoms with van der Waals surface area (Å²) in [4.78, 5) is 12.7. The summed E-state index contributed by atoms with van der Waals surface area (Å²) in [5.41, 5.74) is 1.55. The van der Waals surface area contributed by atoms with E-state index in [-0.39, 0.29) is 11.3 Å². The number of sulfonamides is 1. The first-order chi connectivity index (χ1) is 12.7. The minimum absolute atomic E-state index is 0.110. The molecule has 140 valence electrons. The van der Waals surface area contributed by atoms with E-state index < -0.39 is 15.9 Å². The lowest BCUT2D eigenvalue weighted by atomic mass is 10.1. The van der Waals surface area contributed by atoms with Crippen LogP contribution in [0.15, 0.2) is 48.8 Å². The van der Waals surface area contributed by atoms with Crippen LogP contribution in [0.5, 0.6) is 0 Å². The summed E-state index contributed by atoms with van der Waals surface area (Å²) in [5.74, 6) is 0.203. The van der Waals surface area contributed by atoms with Crippen LogP contribution in [-0.4, -0.2) is 35.3 Å². The average Bonchev–Trinajstić information content (AvgIpc) is 3.01. The van der Waals surface area contributed by atoms with Gasteiger partial charge in [0.05, 0.1) is 23.2 Å². The Morgan fingerprint density at radius 3 is 2.63 bits per heavy atom. The molecular formula is C17H16ClN5O3S. The number of hydrogen-bond acceptors (Lipinski definition) is 5. The van der Waals surface area contributed by atoms with Gasteiger partial charge in [-0.2, -0.15) is 0 Å². The Bertz CT molecular complexity index is 1110. The highest BCUT2D eigenvalue weighted by Gasteiger charge is 2.15. The molecule has 1 heterocycles. The summed E-state index contributed by atoms with van der Waals surface area (Å²) in [7, 11) is -3.55. The van der Waals surface area contributed by atoms with Gasteiger partial charge in [0.25, 0.3) is 5.91 Å². The Hall–Kier alpha value is -2.91. The smallest absolute Gasteiger partial charge is 0.257 e. The van der Waals surface area contributed by atoms with Gasteiger partial charge in [-0.15, -0.1) is 10.2 Å². The maximum absolute atomic E-state index is 12.7. The fourth-order valence-corrected chi connectivity index (χ4v) is 3.22. The van der Waals surface area contributed by atoms with Crippen LogP contribution in [0.1, 0.15) is 16.2 Å². The van der Waals surface area contributed by atoms with Gasteiger partial charge in [-0.3, -0.25) is 14.1 Å². The van der Waals surface area contributed by atoms with Gasteiger partial charge >= 0.3 is 0 Å². The molecule has 0 spiro atoms. The van der Waals surface area contributed by atoms with Crippen LogP contribution >= 0.6 is 11.6 Å². The molecule has 0 aliphatic heterocycles. The number of rotatable bonds is 5. The minimum atomic E-state index is -3.55. The molecule has 0 bridgehead atoms. The SMILES string of the molecule is Cc1nncn1-c1cccc(NC(=O)c2cc(Cl)ccc2NS(C)(=O)=O)c1. The lowest BCUT2D eigenvalue weighted by Gasteiger charge is -2.12. The number of nitrogens with one attached hydrogen (secondary N) is 2. The van der Waals surface area contributed by atoms with Crippen molar-refractivity contribution in [1.29, 1.82) is 0 Å². The standard InChI is InChI=1S/C17H16ClN5O3S/c1-11-21-19-10-23(11)14-5-3-4-13(9-14)20-17(24)15-8-12(18)6-7-16(15)22-27(2,25)26/h3-10,22H,1-2H3,(H,20,24). The summed E-state index contributed by atoms with van der Waals surface area (Å²) in [6, 6.07) is 11.4. The Balaban J connectivity index is 1.90. The maximum atomic E-state index is 12.7. The van der Waals surface area contributed by atoms with Crippen molar-refractivity contribution in [1.82, 2.24) is 14.8 Å².